The first-order valence-corrected chi connectivity index (χ1v) is 12.7. The van der Waals surface area contributed by atoms with Gasteiger partial charge in [-0.3, -0.25) is 15.0 Å². The van der Waals surface area contributed by atoms with E-state index in [2.05, 4.69) is 15.0 Å². The summed E-state index contributed by atoms with van der Waals surface area (Å²) in [6.07, 6.45) is 5.12. The van der Waals surface area contributed by atoms with Crippen LogP contribution in [0.1, 0.15) is 24.2 Å². The van der Waals surface area contributed by atoms with Crippen molar-refractivity contribution >= 4 is 17.0 Å². The van der Waals surface area contributed by atoms with Crippen LogP contribution in [0.5, 0.6) is 5.75 Å². The predicted molar refractivity (Wildman–Crippen MR) is 151 cm³/mol. The van der Waals surface area contributed by atoms with Gasteiger partial charge in [-0.1, -0.05) is 6.07 Å². The molecule has 3 heterocycles. The van der Waals surface area contributed by atoms with Crippen LogP contribution in [0.4, 0.5) is 0 Å². The molecule has 0 amide bonds. The Labute approximate surface area is 229 Å². The number of pyridine rings is 1. The van der Waals surface area contributed by atoms with Gasteiger partial charge in [0, 0.05) is 35.3 Å². The van der Waals surface area contributed by atoms with E-state index in [4.69, 9.17) is 14.8 Å². The number of nitrogens with zero attached hydrogens (tertiary/aromatic N) is 6. The summed E-state index contributed by atoms with van der Waals surface area (Å²) >= 11 is 0. The number of carbonyl (C=O) groups is 1. The first-order chi connectivity index (χ1) is 19.4. The minimum atomic E-state index is -1.02. The molecule has 0 saturated heterocycles. The lowest BCUT2D eigenvalue weighted by Crippen LogP contribution is -2.05. The third kappa shape index (κ3) is 5.00. The van der Waals surface area contributed by atoms with Gasteiger partial charge < -0.3 is 9.84 Å². The zero-order chi connectivity index (χ0) is 27.6. The maximum atomic E-state index is 11.7. The Balaban J connectivity index is 1.40. The molecule has 0 saturated carbocycles. The molecular weight excluding hydrogens is 504 g/mol. The number of aromatic nitrogens is 6. The first kappa shape index (κ1) is 24.9. The quantitative estimate of drug-likeness (QED) is 0.265. The molecular formula is C31H24N6O3. The van der Waals surface area contributed by atoms with Crippen LogP contribution in [0, 0.1) is 0 Å². The van der Waals surface area contributed by atoms with E-state index in [1.54, 1.807) is 47.5 Å². The fraction of sp³-hybridized carbons (Fsp3) is 0.0968. The maximum Gasteiger partial charge on any atom is 0.335 e. The van der Waals surface area contributed by atoms with Crippen LogP contribution in [-0.4, -0.2) is 46.9 Å². The third-order valence-corrected chi connectivity index (χ3v) is 6.22. The van der Waals surface area contributed by atoms with Crippen molar-refractivity contribution in [2.45, 2.75) is 20.0 Å². The molecule has 6 rings (SSSR count). The van der Waals surface area contributed by atoms with Crippen LogP contribution in [0.3, 0.4) is 0 Å². The van der Waals surface area contributed by atoms with Gasteiger partial charge in [0.2, 0.25) is 0 Å². The van der Waals surface area contributed by atoms with Crippen molar-refractivity contribution in [3.05, 3.63) is 103 Å². The topological polar surface area (TPSA) is 116 Å². The monoisotopic (exact) mass is 528 g/mol. The number of aromatic carboxylic acids is 1. The Kier molecular flexibility index (Phi) is 6.45. The highest BCUT2D eigenvalue weighted by atomic mass is 16.5. The van der Waals surface area contributed by atoms with Gasteiger partial charge >= 0.3 is 5.97 Å². The summed E-state index contributed by atoms with van der Waals surface area (Å²) < 4.78 is 7.37. The third-order valence-electron chi connectivity index (χ3n) is 6.22. The second-order valence-electron chi connectivity index (χ2n) is 9.41. The molecule has 0 radical (unpaired) electrons. The Bertz CT molecular complexity index is 1830. The Morgan fingerprint density at radius 1 is 0.825 bits per heavy atom. The van der Waals surface area contributed by atoms with Crippen molar-refractivity contribution < 1.29 is 14.6 Å². The van der Waals surface area contributed by atoms with Gasteiger partial charge in [-0.25, -0.2) is 14.5 Å². The molecule has 0 bridgehead atoms. The molecule has 40 heavy (non-hydrogen) atoms. The van der Waals surface area contributed by atoms with E-state index in [1.165, 1.54) is 0 Å². The summed E-state index contributed by atoms with van der Waals surface area (Å²) in [5.41, 5.74) is 5.45. The van der Waals surface area contributed by atoms with Crippen molar-refractivity contribution in [2.75, 3.05) is 0 Å². The Morgan fingerprint density at radius 2 is 1.57 bits per heavy atom. The highest BCUT2D eigenvalue weighted by molar-refractivity contribution is 5.88. The molecule has 196 valence electrons. The van der Waals surface area contributed by atoms with Gasteiger partial charge in [-0.2, -0.15) is 0 Å². The highest BCUT2D eigenvalue weighted by Crippen LogP contribution is 2.29. The molecule has 0 fully saturated rings. The average Bonchev–Trinajstić information content (AvgIpc) is 3.43. The standard InChI is InChI=1S/C31H24N6O3/c1-19(2)40-25-10-6-20(7-11-25)26-12-9-23(18-34-26)29-35-30(21-8-13-27-28(17-21)33-15-14-32-27)37(36-29)24-5-3-4-22(16-24)31(38)39/h3-19H,1-2H3,(H,38,39). The number of hydrogen-bond donors (Lipinski definition) is 1. The van der Waals surface area contributed by atoms with Crippen molar-refractivity contribution in [1.29, 1.82) is 0 Å². The van der Waals surface area contributed by atoms with Crippen LogP contribution in [0.25, 0.3) is 50.8 Å². The molecule has 1 N–H and O–H groups in total. The molecule has 3 aromatic heterocycles. The molecule has 0 aliphatic rings. The second-order valence-corrected chi connectivity index (χ2v) is 9.41. The lowest BCUT2D eigenvalue weighted by molar-refractivity contribution is 0.0697. The molecule has 0 aliphatic heterocycles. The van der Waals surface area contributed by atoms with E-state index < -0.39 is 5.97 Å². The maximum absolute atomic E-state index is 11.7. The van der Waals surface area contributed by atoms with Gasteiger partial charge in [-0.15, -0.1) is 5.10 Å². The zero-order valence-electron chi connectivity index (χ0n) is 21.8. The van der Waals surface area contributed by atoms with E-state index in [0.717, 1.165) is 33.7 Å². The lowest BCUT2D eigenvalue weighted by atomic mass is 10.1. The van der Waals surface area contributed by atoms with Gasteiger partial charge in [0.1, 0.15) is 5.75 Å². The summed E-state index contributed by atoms with van der Waals surface area (Å²) in [7, 11) is 0. The SMILES string of the molecule is CC(C)Oc1ccc(-c2ccc(-c3nc(-c4ccc5nccnc5c4)n(-c4cccc(C(=O)O)c4)n3)cn2)cc1. The van der Waals surface area contributed by atoms with Crippen LogP contribution < -0.4 is 4.74 Å². The summed E-state index contributed by atoms with van der Waals surface area (Å²) in [5, 5.41) is 14.3. The van der Waals surface area contributed by atoms with Gasteiger partial charge in [0.05, 0.1) is 34.1 Å². The number of ether oxygens (including phenoxy) is 1. The zero-order valence-corrected chi connectivity index (χ0v) is 21.8. The van der Waals surface area contributed by atoms with Crippen LogP contribution in [0.15, 0.2) is 97.5 Å². The number of rotatable bonds is 7. The number of hydrogen-bond acceptors (Lipinski definition) is 7. The predicted octanol–water partition coefficient (Wildman–Crippen LogP) is 6.09. The molecule has 9 heteroatoms. The molecule has 0 unspecified atom stereocenters. The number of carboxylic acids is 1. The molecule has 3 aromatic carbocycles. The lowest BCUT2D eigenvalue weighted by Gasteiger charge is -2.10. The molecule has 6 aromatic rings. The van der Waals surface area contributed by atoms with Gasteiger partial charge in [0.15, 0.2) is 11.6 Å². The largest absolute Gasteiger partial charge is 0.491 e. The van der Waals surface area contributed by atoms with E-state index in [-0.39, 0.29) is 11.7 Å². The second kappa shape index (κ2) is 10.4. The molecule has 0 atom stereocenters. The smallest absolute Gasteiger partial charge is 0.335 e. The van der Waals surface area contributed by atoms with E-state index in [0.29, 0.717) is 22.9 Å². The number of carboxylic acid groups (broad SMARTS) is 1. The number of fused-ring (bicyclic) bond motifs is 1. The normalized spacial score (nSPS) is 11.2. The minimum Gasteiger partial charge on any atom is -0.491 e. The Hall–Kier alpha value is -5.44. The van der Waals surface area contributed by atoms with Crippen molar-refractivity contribution in [1.82, 2.24) is 29.7 Å². The fourth-order valence-electron chi connectivity index (χ4n) is 4.35. The van der Waals surface area contributed by atoms with Crippen LogP contribution in [0.2, 0.25) is 0 Å². The van der Waals surface area contributed by atoms with Gasteiger partial charge in [-0.05, 0) is 86.6 Å². The Morgan fingerprint density at radius 3 is 2.30 bits per heavy atom. The average molecular weight is 529 g/mol. The number of benzene rings is 3. The summed E-state index contributed by atoms with van der Waals surface area (Å²) in [6, 6.07) is 23.9. The first-order valence-electron chi connectivity index (χ1n) is 12.7. The van der Waals surface area contributed by atoms with E-state index in [1.807, 2.05) is 68.4 Å². The van der Waals surface area contributed by atoms with Crippen LogP contribution in [-0.2, 0) is 0 Å². The minimum absolute atomic E-state index is 0.106. The van der Waals surface area contributed by atoms with E-state index >= 15 is 0 Å². The van der Waals surface area contributed by atoms with E-state index in [9.17, 15) is 9.90 Å². The molecule has 0 aliphatic carbocycles. The summed E-state index contributed by atoms with van der Waals surface area (Å²) in [4.78, 5) is 29.9. The van der Waals surface area contributed by atoms with Crippen molar-refractivity contribution in [3.8, 4) is 45.5 Å². The van der Waals surface area contributed by atoms with Crippen LogP contribution >= 0.6 is 0 Å². The molecule has 0 spiro atoms. The van der Waals surface area contributed by atoms with Crippen molar-refractivity contribution in [2.24, 2.45) is 0 Å². The molecule has 9 nitrogen and oxygen atoms in total. The van der Waals surface area contributed by atoms with Gasteiger partial charge in [0.25, 0.3) is 0 Å². The van der Waals surface area contributed by atoms with Crippen molar-refractivity contribution in [3.63, 3.8) is 0 Å². The highest BCUT2D eigenvalue weighted by Gasteiger charge is 2.17. The fourth-order valence-corrected chi connectivity index (χ4v) is 4.35. The summed E-state index contributed by atoms with van der Waals surface area (Å²) in [6.45, 7) is 3.98. The summed E-state index contributed by atoms with van der Waals surface area (Å²) in [5.74, 6) is 0.780.